The molecule has 28 heavy (non-hydrogen) atoms. The number of H-pyrrole nitrogens is 1. The number of carbonyl (C=O) groups excluding carboxylic acids is 1. The van der Waals surface area contributed by atoms with Crippen molar-refractivity contribution in [2.45, 2.75) is 117 Å². The van der Waals surface area contributed by atoms with Gasteiger partial charge in [0, 0.05) is 6.42 Å². The van der Waals surface area contributed by atoms with Crippen LogP contribution < -0.4 is 5.56 Å². The van der Waals surface area contributed by atoms with Crippen LogP contribution in [0.1, 0.15) is 127 Å². The Morgan fingerprint density at radius 1 is 0.857 bits per heavy atom. The number of carbonyl (C=O) groups is 1. The molecule has 0 aliphatic rings. The molecule has 0 fully saturated rings. The smallest absolute Gasteiger partial charge is 0.278 e. The molecular weight excluding hydrogens is 350 g/mol. The largest absolute Gasteiger partial charge is 0.294 e. The zero-order chi connectivity index (χ0) is 20.5. The molecule has 0 atom stereocenters. The third-order valence-electron chi connectivity index (χ3n) is 5.65. The zero-order valence-electron chi connectivity index (χ0n) is 18.2. The minimum absolute atomic E-state index is 0.105. The maximum Gasteiger partial charge on any atom is 0.278 e. The number of hydrogen-bond acceptors (Lipinski definition) is 4. The van der Waals surface area contributed by atoms with Crippen molar-refractivity contribution in [1.82, 2.24) is 15.4 Å². The van der Waals surface area contributed by atoms with E-state index in [1.807, 2.05) is 0 Å². The lowest BCUT2D eigenvalue weighted by molar-refractivity contribution is 0.0969. The van der Waals surface area contributed by atoms with Crippen molar-refractivity contribution in [3.05, 3.63) is 22.1 Å². The third-order valence-corrected chi connectivity index (χ3v) is 5.65. The van der Waals surface area contributed by atoms with Crippen molar-refractivity contribution in [2.75, 3.05) is 0 Å². The van der Waals surface area contributed by atoms with E-state index in [0.29, 0.717) is 12.3 Å². The first kappa shape index (κ1) is 24.5. The number of rotatable bonds is 18. The van der Waals surface area contributed by atoms with Crippen LogP contribution in [0.5, 0.6) is 0 Å². The molecule has 0 bridgehead atoms. The lowest BCUT2D eigenvalue weighted by Gasteiger charge is -2.16. The predicted molar refractivity (Wildman–Crippen MR) is 116 cm³/mol. The molecule has 0 amide bonds. The number of Topliss-reactive ketones (excluding diaryl/α,β-unsaturated/α-hetero) is 1. The molecule has 0 aliphatic heterocycles. The number of aromatic nitrogens is 3. The van der Waals surface area contributed by atoms with Crippen molar-refractivity contribution >= 4 is 5.78 Å². The number of ketones is 1. The predicted octanol–water partition coefficient (Wildman–Crippen LogP) is 6.25. The second kappa shape index (κ2) is 16.4. The Kier molecular flexibility index (Phi) is 14.4. The van der Waals surface area contributed by atoms with E-state index in [4.69, 9.17) is 0 Å². The van der Waals surface area contributed by atoms with Crippen LogP contribution >= 0.6 is 0 Å². The molecule has 1 heterocycles. The van der Waals surface area contributed by atoms with Gasteiger partial charge in [0.2, 0.25) is 0 Å². The summed E-state index contributed by atoms with van der Waals surface area (Å²) in [5.41, 5.74) is -0.281. The van der Waals surface area contributed by atoms with Gasteiger partial charge in [0.1, 0.15) is 5.56 Å². The molecule has 0 unspecified atom stereocenters. The van der Waals surface area contributed by atoms with E-state index < -0.39 is 5.56 Å². The van der Waals surface area contributed by atoms with Crippen molar-refractivity contribution < 1.29 is 4.79 Å². The van der Waals surface area contributed by atoms with Crippen LogP contribution in [0.25, 0.3) is 0 Å². The number of aromatic amines is 1. The van der Waals surface area contributed by atoms with Crippen LogP contribution in [-0.4, -0.2) is 21.2 Å². The fourth-order valence-corrected chi connectivity index (χ4v) is 3.81. The van der Waals surface area contributed by atoms with Gasteiger partial charge in [-0.1, -0.05) is 109 Å². The Morgan fingerprint density at radius 3 is 1.93 bits per heavy atom. The van der Waals surface area contributed by atoms with E-state index in [0.717, 1.165) is 6.42 Å². The molecule has 1 aromatic rings. The molecule has 5 nitrogen and oxygen atoms in total. The highest BCUT2D eigenvalue weighted by atomic mass is 16.1. The molecule has 1 N–H and O–H groups in total. The summed E-state index contributed by atoms with van der Waals surface area (Å²) in [5.74, 6) is 0.488. The van der Waals surface area contributed by atoms with Gasteiger partial charge in [-0.25, -0.2) is 5.10 Å². The maximum atomic E-state index is 12.4. The van der Waals surface area contributed by atoms with Gasteiger partial charge in [-0.3, -0.25) is 9.59 Å². The fourth-order valence-electron chi connectivity index (χ4n) is 3.81. The molecule has 0 radical (unpaired) electrons. The maximum absolute atomic E-state index is 12.4. The summed E-state index contributed by atoms with van der Waals surface area (Å²) in [7, 11) is 0. The lowest BCUT2D eigenvalue weighted by atomic mass is 9.89. The average molecular weight is 392 g/mol. The SMILES string of the molecule is CCCCCCCCC(CCCCCCCC)CCC(=O)c1cnn[nH]c1=O. The van der Waals surface area contributed by atoms with Gasteiger partial charge < -0.3 is 0 Å². The van der Waals surface area contributed by atoms with Gasteiger partial charge in [0.05, 0.1) is 6.20 Å². The van der Waals surface area contributed by atoms with Gasteiger partial charge in [0.25, 0.3) is 5.56 Å². The monoisotopic (exact) mass is 391 g/mol. The summed E-state index contributed by atoms with van der Waals surface area (Å²) in [6, 6.07) is 0. The van der Waals surface area contributed by atoms with Crippen molar-refractivity contribution in [2.24, 2.45) is 5.92 Å². The van der Waals surface area contributed by atoms with E-state index >= 15 is 0 Å². The third kappa shape index (κ3) is 11.4. The van der Waals surface area contributed by atoms with Crippen LogP contribution in [0.15, 0.2) is 11.0 Å². The molecule has 1 aromatic heterocycles. The van der Waals surface area contributed by atoms with E-state index in [1.54, 1.807) is 0 Å². The summed E-state index contributed by atoms with van der Waals surface area (Å²) in [6.07, 6.45) is 20.7. The van der Waals surface area contributed by atoms with Gasteiger partial charge in [-0.2, -0.15) is 0 Å². The quantitative estimate of drug-likeness (QED) is 0.237. The highest BCUT2D eigenvalue weighted by molar-refractivity contribution is 5.95. The normalized spacial score (nSPS) is 11.2. The Labute approximate surface area is 171 Å². The van der Waals surface area contributed by atoms with Crippen molar-refractivity contribution in [3.8, 4) is 0 Å². The fraction of sp³-hybridized carbons (Fsp3) is 0.826. The highest BCUT2D eigenvalue weighted by Crippen LogP contribution is 2.24. The van der Waals surface area contributed by atoms with Crippen LogP contribution in [0.3, 0.4) is 0 Å². The van der Waals surface area contributed by atoms with E-state index in [1.165, 1.54) is 96.1 Å². The van der Waals surface area contributed by atoms with Gasteiger partial charge in [0.15, 0.2) is 5.78 Å². The average Bonchev–Trinajstić information content (AvgIpc) is 2.70. The Bertz CT molecular complexity index is 555. The lowest BCUT2D eigenvalue weighted by Crippen LogP contribution is -2.20. The van der Waals surface area contributed by atoms with Gasteiger partial charge in [-0.05, 0) is 12.3 Å². The van der Waals surface area contributed by atoms with Gasteiger partial charge in [-0.15, -0.1) is 5.10 Å². The second-order valence-electron chi connectivity index (χ2n) is 8.14. The van der Waals surface area contributed by atoms with Gasteiger partial charge >= 0.3 is 0 Å². The summed E-state index contributed by atoms with van der Waals surface area (Å²) in [4.78, 5) is 24.1. The molecule has 0 spiro atoms. The Balaban J connectivity index is 2.39. The molecule has 0 saturated heterocycles. The number of nitrogens with zero attached hydrogens (tertiary/aromatic N) is 2. The van der Waals surface area contributed by atoms with E-state index in [2.05, 4.69) is 29.3 Å². The standard InChI is InChI=1S/C23H41N3O2/c1-3-5-7-9-11-13-15-20(16-14-12-10-8-6-4-2)17-18-22(27)21-19-24-26-25-23(21)28/h19-20H,3-18H2,1-2H3,(H,24,25,28). The number of hydrogen-bond donors (Lipinski definition) is 1. The molecule has 5 heteroatoms. The first-order chi connectivity index (χ1) is 13.7. The summed E-state index contributed by atoms with van der Waals surface area (Å²) < 4.78 is 0. The molecule has 1 rings (SSSR count). The number of nitrogens with one attached hydrogen (secondary N) is 1. The zero-order valence-corrected chi connectivity index (χ0v) is 18.2. The van der Waals surface area contributed by atoms with Crippen molar-refractivity contribution in [3.63, 3.8) is 0 Å². The van der Waals surface area contributed by atoms with Crippen LogP contribution in [0.4, 0.5) is 0 Å². The summed E-state index contributed by atoms with van der Waals surface area (Å²) in [6.45, 7) is 4.49. The minimum Gasteiger partial charge on any atom is -0.294 e. The Morgan fingerprint density at radius 2 is 1.39 bits per heavy atom. The molecular formula is C23H41N3O2. The minimum atomic E-state index is -0.427. The van der Waals surface area contributed by atoms with Crippen LogP contribution in [-0.2, 0) is 0 Å². The molecule has 0 saturated carbocycles. The second-order valence-corrected chi connectivity index (χ2v) is 8.14. The van der Waals surface area contributed by atoms with E-state index in [9.17, 15) is 9.59 Å². The van der Waals surface area contributed by atoms with Crippen molar-refractivity contribution in [1.29, 1.82) is 0 Å². The Hall–Kier alpha value is -1.52. The number of unbranched alkanes of at least 4 members (excludes halogenated alkanes) is 10. The molecule has 0 aromatic carbocycles. The van der Waals surface area contributed by atoms with Crippen LogP contribution in [0, 0.1) is 5.92 Å². The topological polar surface area (TPSA) is 75.7 Å². The molecule has 160 valence electrons. The summed E-state index contributed by atoms with van der Waals surface area (Å²) in [5, 5.41) is 9.31. The summed E-state index contributed by atoms with van der Waals surface area (Å²) >= 11 is 0. The first-order valence-corrected chi connectivity index (χ1v) is 11.6. The molecule has 0 aliphatic carbocycles. The van der Waals surface area contributed by atoms with Crippen LogP contribution in [0.2, 0.25) is 0 Å². The van der Waals surface area contributed by atoms with E-state index in [-0.39, 0.29) is 11.3 Å². The first-order valence-electron chi connectivity index (χ1n) is 11.6. The highest BCUT2D eigenvalue weighted by Gasteiger charge is 2.15.